The molecule has 0 saturated heterocycles. The summed E-state index contributed by atoms with van der Waals surface area (Å²) in [4.78, 5) is 2.26. The van der Waals surface area contributed by atoms with Gasteiger partial charge in [-0.3, -0.25) is 4.90 Å². The molecule has 0 spiro atoms. The van der Waals surface area contributed by atoms with Crippen molar-refractivity contribution in [3.63, 3.8) is 0 Å². The van der Waals surface area contributed by atoms with Gasteiger partial charge in [0.1, 0.15) is 0 Å². The first-order valence-electron chi connectivity index (χ1n) is 6.32. The van der Waals surface area contributed by atoms with Gasteiger partial charge in [0.2, 0.25) is 0 Å². The van der Waals surface area contributed by atoms with Crippen molar-refractivity contribution in [3.05, 3.63) is 68.6 Å². The number of halogens is 2. The largest absolute Gasteiger partial charge is 0.284 e. The van der Waals surface area contributed by atoms with Crippen molar-refractivity contribution in [3.8, 4) is 12.3 Å². The molecule has 0 bridgehead atoms. The lowest BCUT2D eigenvalue weighted by Crippen LogP contribution is -2.23. The summed E-state index contributed by atoms with van der Waals surface area (Å²) in [5.74, 6) is 2.74. The Morgan fingerprint density at radius 1 is 0.800 bits per heavy atom. The van der Waals surface area contributed by atoms with Crippen LogP contribution in [-0.2, 0) is 13.1 Å². The second kappa shape index (κ2) is 7.64. The molecule has 0 aliphatic rings. The first-order valence-corrected chi connectivity index (χ1v) is 7.90. The maximum atomic E-state index is 5.48. The van der Waals surface area contributed by atoms with Crippen LogP contribution in [0.4, 0.5) is 0 Å². The van der Waals surface area contributed by atoms with Crippen LogP contribution in [0.5, 0.6) is 0 Å². The lowest BCUT2D eigenvalue weighted by molar-refractivity contribution is 0.290. The Hall–Kier alpha value is -1.08. The molecule has 0 amide bonds. The molecule has 0 atom stereocenters. The van der Waals surface area contributed by atoms with Gasteiger partial charge in [-0.25, -0.2) is 0 Å². The van der Waals surface area contributed by atoms with Gasteiger partial charge in [0, 0.05) is 22.0 Å². The summed E-state index contributed by atoms with van der Waals surface area (Å²) in [6.45, 7) is 2.35. The van der Waals surface area contributed by atoms with Crippen LogP contribution < -0.4 is 0 Å². The SMILES string of the molecule is C#CCN(Cc1ccc(Br)cc1)Cc1ccc(Br)cc1. The predicted octanol–water partition coefficient (Wildman–Crippen LogP) is 4.85. The summed E-state index contributed by atoms with van der Waals surface area (Å²) in [5.41, 5.74) is 2.53. The van der Waals surface area contributed by atoms with E-state index in [1.54, 1.807) is 0 Å². The topological polar surface area (TPSA) is 3.24 Å². The average Bonchev–Trinajstić information content (AvgIpc) is 2.44. The molecule has 2 rings (SSSR count). The van der Waals surface area contributed by atoms with Gasteiger partial charge in [-0.1, -0.05) is 62.0 Å². The van der Waals surface area contributed by atoms with Crippen LogP contribution in [0.15, 0.2) is 57.5 Å². The summed E-state index contributed by atoms with van der Waals surface area (Å²) in [6, 6.07) is 16.7. The smallest absolute Gasteiger partial charge is 0.0605 e. The molecule has 0 aromatic heterocycles. The third-order valence-electron chi connectivity index (χ3n) is 2.95. The molecule has 2 aromatic rings. The molecule has 20 heavy (non-hydrogen) atoms. The Balaban J connectivity index is 2.05. The fourth-order valence-electron chi connectivity index (χ4n) is 1.99. The van der Waals surface area contributed by atoms with Gasteiger partial charge in [-0.2, -0.15) is 0 Å². The first kappa shape index (κ1) is 15.3. The molecule has 1 nitrogen and oxygen atoms in total. The average molecular weight is 393 g/mol. The summed E-state index contributed by atoms with van der Waals surface area (Å²) in [6.07, 6.45) is 5.48. The molecule has 2 aromatic carbocycles. The van der Waals surface area contributed by atoms with Gasteiger partial charge in [0.15, 0.2) is 0 Å². The van der Waals surface area contributed by atoms with Crippen LogP contribution in [0.2, 0.25) is 0 Å². The third-order valence-corrected chi connectivity index (χ3v) is 4.01. The number of nitrogens with zero attached hydrogens (tertiary/aromatic N) is 1. The number of terminal acetylenes is 1. The van der Waals surface area contributed by atoms with Crippen LogP contribution >= 0.6 is 31.9 Å². The second-order valence-corrected chi connectivity index (χ2v) is 6.43. The molecule has 0 N–H and O–H groups in total. The van der Waals surface area contributed by atoms with Gasteiger partial charge in [-0.05, 0) is 35.4 Å². The molecule has 3 heteroatoms. The van der Waals surface area contributed by atoms with Crippen LogP contribution in [0.25, 0.3) is 0 Å². The van der Waals surface area contributed by atoms with Crippen LogP contribution in [0, 0.1) is 12.3 Å². The van der Waals surface area contributed by atoms with Crippen LogP contribution in [0.1, 0.15) is 11.1 Å². The molecule has 0 aliphatic heterocycles. The van der Waals surface area contributed by atoms with Crippen molar-refractivity contribution >= 4 is 31.9 Å². The zero-order valence-corrected chi connectivity index (χ0v) is 14.2. The predicted molar refractivity (Wildman–Crippen MR) is 91.2 cm³/mol. The number of hydrogen-bond donors (Lipinski definition) is 0. The summed E-state index contributed by atoms with van der Waals surface area (Å²) in [7, 11) is 0. The van der Waals surface area contributed by atoms with E-state index in [2.05, 4.69) is 91.2 Å². The third kappa shape index (κ3) is 4.79. The molecule has 0 radical (unpaired) electrons. The molecule has 0 aliphatic carbocycles. The van der Waals surface area contributed by atoms with E-state index in [1.165, 1.54) is 11.1 Å². The number of hydrogen-bond acceptors (Lipinski definition) is 1. The van der Waals surface area contributed by atoms with Gasteiger partial charge in [-0.15, -0.1) is 6.42 Å². The Morgan fingerprint density at radius 2 is 1.20 bits per heavy atom. The van der Waals surface area contributed by atoms with Crippen molar-refractivity contribution < 1.29 is 0 Å². The van der Waals surface area contributed by atoms with E-state index in [0.717, 1.165) is 22.0 Å². The van der Waals surface area contributed by atoms with Crippen molar-refractivity contribution in [1.29, 1.82) is 0 Å². The summed E-state index contributed by atoms with van der Waals surface area (Å²) in [5, 5.41) is 0. The molecule has 0 saturated carbocycles. The fraction of sp³-hybridized carbons (Fsp3) is 0.176. The zero-order chi connectivity index (χ0) is 14.4. The molecular weight excluding hydrogens is 378 g/mol. The van der Waals surface area contributed by atoms with E-state index in [4.69, 9.17) is 6.42 Å². The highest BCUT2D eigenvalue weighted by Gasteiger charge is 2.06. The van der Waals surface area contributed by atoms with Gasteiger partial charge in [0.25, 0.3) is 0 Å². The van der Waals surface area contributed by atoms with E-state index < -0.39 is 0 Å². The maximum Gasteiger partial charge on any atom is 0.0605 e. The molecular formula is C17H15Br2N. The quantitative estimate of drug-likeness (QED) is 0.657. The van der Waals surface area contributed by atoms with Crippen molar-refractivity contribution in [2.24, 2.45) is 0 Å². The summed E-state index contributed by atoms with van der Waals surface area (Å²) < 4.78 is 2.19. The van der Waals surface area contributed by atoms with E-state index in [1.807, 2.05) is 0 Å². The van der Waals surface area contributed by atoms with Crippen LogP contribution in [-0.4, -0.2) is 11.4 Å². The highest BCUT2D eigenvalue weighted by molar-refractivity contribution is 9.10. The second-order valence-electron chi connectivity index (χ2n) is 4.60. The Labute approximate surface area is 137 Å². The number of benzene rings is 2. The lowest BCUT2D eigenvalue weighted by atomic mass is 10.1. The van der Waals surface area contributed by atoms with Crippen molar-refractivity contribution in [2.75, 3.05) is 6.54 Å². The Morgan fingerprint density at radius 3 is 1.55 bits per heavy atom. The lowest BCUT2D eigenvalue weighted by Gasteiger charge is -2.20. The van der Waals surface area contributed by atoms with Crippen LogP contribution in [0.3, 0.4) is 0 Å². The Bertz CT molecular complexity index is 534. The monoisotopic (exact) mass is 391 g/mol. The highest BCUT2D eigenvalue weighted by Crippen LogP contribution is 2.15. The minimum atomic E-state index is 0.645. The highest BCUT2D eigenvalue weighted by atomic mass is 79.9. The Kier molecular flexibility index (Phi) is 5.85. The van der Waals surface area contributed by atoms with Gasteiger partial charge in [0.05, 0.1) is 6.54 Å². The number of rotatable bonds is 5. The van der Waals surface area contributed by atoms with Gasteiger partial charge < -0.3 is 0 Å². The molecule has 0 fully saturated rings. The normalized spacial score (nSPS) is 10.5. The maximum absolute atomic E-state index is 5.48. The zero-order valence-electron chi connectivity index (χ0n) is 11.0. The van der Waals surface area contributed by atoms with E-state index in [0.29, 0.717) is 6.54 Å². The van der Waals surface area contributed by atoms with Crippen molar-refractivity contribution in [1.82, 2.24) is 4.90 Å². The first-order chi connectivity index (χ1) is 9.67. The molecule has 0 heterocycles. The molecule has 0 unspecified atom stereocenters. The van der Waals surface area contributed by atoms with Gasteiger partial charge >= 0.3 is 0 Å². The standard InChI is InChI=1S/C17H15Br2N/c1-2-11-20(12-14-3-7-16(18)8-4-14)13-15-5-9-17(19)10-6-15/h1,3-10H,11-13H2. The fourth-order valence-corrected chi connectivity index (χ4v) is 2.52. The van der Waals surface area contributed by atoms with E-state index in [-0.39, 0.29) is 0 Å². The van der Waals surface area contributed by atoms with E-state index >= 15 is 0 Å². The minimum Gasteiger partial charge on any atom is -0.284 e. The minimum absolute atomic E-state index is 0.645. The van der Waals surface area contributed by atoms with E-state index in [9.17, 15) is 0 Å². The molecule has 102 valence electrons. The van der Waals surface area contributed by atoms with Crippen molar-refractivity contribution in [2.45, 2.75) is 13.1 Å². The summed E-state index contributed by atoms with van der Waals surface area (Å²) >= 11 is 6.91.